The molecule has 4 aromatic rings. The fourth-order valence-corrected chi connectivity index (χ4v) is 4.30. The first kappa shape index (κ1) is 23.8. The van der Waals surface area contributed by atoms with Crippen LogP contribution in [0.1, 0.15) is 11.1 Å². The second-order valence-corrected chi connectivity index (χ2v) is 10.0. The number of sulfone groups is 1. The maximum atomic E-state index is 13.2. The summed E-state index contributed by atoms with van der Waals surface area (Å²) in [4.78, 5) is 16.6. The number of amides is 1. The van der Waals surface area contributed by atoms with Crippen molar-refractivity contribution in [2.24, 2.45) is 0 Å². The lowest BCUT2D eigenvalue weighted by Gasteiger charge is -2.12. The van der Waals surface area contributed by atoms with E-state index in [1.807, 2.05) is 0 Å². The van der Waals surface area contributed by atoms with Crippen LogP contribution < -0.4 is 5.32 Å². The maximum Gasteiger partial charge on any atom is 0.417 e. The Hall–Kier alpha value is -3.37. The predicted molar refractivity (Wildman–Crippen MR) is 123 cm³/mol. The summed E-state index contributed by atoms with van der Waals surface area (Å²) >= 11 is 6.10. The number of nitrogens with zero attached hydrogens (tertiary/aromatic N) is 2. The second-order valence-electron chi connectivity index (χ2n) is 7.62. The lowest BCUT2D eigenvalue weighted by molar-refractivity contribution is -0.137. The van der Waals surface area contributed by atoms with Crippen molar-refractivity contribution < 1.29 is 26.4 Å². The van der Waals surface area contributed by atoms with Crippen LogP contribution in [-0.4, -0.2) is 30.0 Å². The highest BCUT2D eigenvalue weighted by Gasteiger charge is 2.31. The van der Waals surface area contributed by atoms with Gasteiger partial charge in [0.15, 0.2) is 9.84 Å². The molecule has 0 aliphatic heterocycles. The molecule has 0 aliphatic rings. The first-order valence-electron chi connectivity index (χ1n) is 9.85. The monoisotopic (exact) mass is 507 g/mol. The first-order valence-corrected chi connectivity index (χ1v) is 12.1. The normalized spacial score (nSPS) is 12.1. The number of fused-ring (bicyclic) bond motifs is 1. The Morgan fingerprint density at radius 1 is 1.12 bits per heavy atom. The largest absolute Gasteiger partial charge is 0.417 e. The number of rotatable bonds is 5. The van der Waals surface area contributed by atoms with Gasteiger partial charge in [0.25, 0.3) is 0 Å². The molecule has 0 aliphatic carbocycles. The summed E-state index contributed by atoms with van der Waals surface area (Å²) in [5.74, 6) is -0.442. The Morgan fingerprint density at radius 2 is 1.85 bits per heavy atom. The molecular weight excluding hydrogens is 491 g/mol. The zero-order valence-corrected chi connectivity index (χ0v) is 19.2. The Morgan fingerprint density at radius 3 is 2.53 bits per heavy atom. The number of hydrogen-bond acceptors (Lipinski definition) is 4. The molecule has 1 N–H and O–H groups in total. The number of nitrogens with one attached hydrogen (secondary N) is 1. The van der Waals surface area contributed by atoms with Gasteiger partial charge in [-0.05, 0) is 42.0 Å². The highest BCUT2D eigenvalue weighted by molar-refractivity contribution is 7.90. The van der Waals surface area contributed by atoms with E-state index in [1.165, 1.54) is 34.9 Å². The van der Waals surface area contributed by atoms with E-state index in [0.717, 1.165) is 18.5 Å². The molecule has 0 fully saturated rings. The number of imidazole rings is 1. The van der Waals surface area contributed by atoms with E-state index in [0.29, 0.717) is 10.6 Å². The SMILES string of the molecule is CS(=O)(=O)c1cc(NC(=O)Cc2ccccc2Cl)cc(-c2cnc3ccc(C(F)(F)F)cn23)c1. The van der Waals surface area contributed by atoms with Crippen molar-refractivity contribution in [3.05, 3.63) is 83.1 Å². The Bertz CT molecular complexity index is 1510. The van der Waals surface area contributed by atoms with E-state index in [-0.39, 0.29) is 33.9 Å². The number of alkyl halides is 3. The number of pyridine rings is 1. The first-order chi connectivity index (χ1) is 15.9. The van der Waals surface area contributed by atoms with Crippen molar-refractivity contribution in [2.75, 3.05) is 11.6 Å². The lowest BCUT2D eigenvalue weighted by atomic mass is 10.1. The Kier molecular flexibility index (Phi) is 6.13. The van der Waals surface area contributed by atoms with Gasteiger partial charge in [0.2, 0.25) is 5.91 Å². The number of carbonyl (C=O) groups excluding carboxylic acids is 1. The zero-order valence-electron chi connectivity index (χ0n) is 17.6. The molecule has 0 radical (unpaired) electrons. The van der Waals surface area contributed by atoms with Crippen molar-refractivity contribution in [2.45, 2.75) is 17.5 Å². The molecule has 0 unspecified atom stereocenters. The fourth-order valence-electron chi connectivity index (χ4n) is 3.41. The molecule has 0 saturated carbocycles. The Balaban J connectivity index is 1.76. The van der Waals surface area contributed by atoms with Crippen LogP contribution >= 0.6 is 11.6 Å². The van der Waals surface area contributed by atoms with Gasteiger partial charge in [-0.15, -0.1) is 0 Å². The lowest BCUT2D eigenvalue weighted by Crippen LogP contribution is -2.15. The zero-order chi connectivity index (χ0) is 24.7. The van der Waals surface area contributed by atoms with Crippen LogP contribution in [0.5, 0.6) is 0 Å². The molecule has 0 atom stereocenters. The summed E-state index contributed by atoms with van der Waals surface area (Å²) in [6, 6.07) is 13.0. The van der Waals surface area contributed by atoms with Crippen LogP contribution in [0.15, 0.2) is 71.9 Å². The van der Waals surface area contributed by atoms with Gasteiger partial charge < -0.3 is 5.32 Å². The molecule has 0 saturated heterocycles. The summed E-state index contributed by atoms with van der Waals surface area (Å²) < 4.78 is 65.4. The summed E-state index contributed by atoms with van der Waals surface area (Å²) in [7, 11) is -3.71. The third-order valence-corrected chi connectivity index (χ3v) is 6.52. The fraction of sp³-hybridized carbons (Fsp3) is 0.130. The van der Waals surface area contributed by atoms with E-state index in [1.54, 1.807) is 24.3 Å². The van der Waals surface area contributed by atoms with Crippen molar-refractivity contribution in [1.29, 1.82) is 0 Å². The molecular formula is C23H17ClF3N3O3S. The Labute approximate surface area is 197 Å². The molecule has 2 heterocycles. The molecule has 6 nitrogen and oxygen atoms in total. The van der Waals surface area contributed by atoms with E-state index < -0.39 is 27.5 Å². The number of carbonyl (C=O) groups is 1. The standard InChI is InChI=1S/C23H17ClF3N3O3S/c1-34(32,33)18-9-15(20-12-28-21-7-6-16(13-30(20)21)23(25,26)27)8-17(11-18)29-22(31)10-14-4-2-3-5-19(14)24/h2-9,11-13H,10H2,1H3,(H,29,31). The second kappa shape index (κ2) is 8.77. The molecule has 4 rings (SSSR count). The number of anilines is 1. The van der Waals surface area contributed by atoms with Gasteiger partial charge in [-0.25, -0.2) is 13.4 Å². The predicted octanol–water partition coefficient (Wildman–Crippen LogP) is 5.26. The summed E-state index contributed by atoms with van der Waals surface area (Å²) in [6.45, 7) is 0. The molecule has 1 amide bonds. The average molecular weight is 508 g/mol. The third kappa shape index (κ3) is 5.07. The van der Waals surface area contributed by atoms with Crippen LogP contribution in [-0.2, 0) is 27.2 Å². The number of aromatic nitrogens is 2. The highest BCUT2D eigenvalue weighted by Crippen LogP contribution is 2.32. The van der Waals surface area contributed by atoms with Crippen molar-refractivity contribution in [1.82, 2.24) is 9.38 Å². The number of hydrogen-bond donors (Lipinski definition) is 1. The molecule has 0 bridgehead atoms. The number of benzene rings is 2. The van der Waals surface area contributed by atoms with E-state index in [4.69, 9.17) is 11.6 Å². The van der Waals surface area contributed by atoms with Gasteiger partial charge in [0.1, 0.15) is 5.65 Å². The topological polar surface area (TPSA) is 80.5 Å². The van der Waals surface area contributed by atoms with Crippen molar-refractivity contribution >= 4 is 38.7 Å². The van der Waals surface area contributed by atoms with Gasteiger partial charge in [-0.1, -0.05) is 29.8 Å². The third-order valence-electron chi connectivity index (χ3n) is 5.06. The van der Waals surface area contributed by atoms with Gasteiger partial charge in [-0.3, -0.25) is 9.20 Å². The van der Waals surface area contributed by atoms with Gasteiger partial charge in [0.05, 0.1) is 28.8 Å². The maximum absolute atomic E-state index is 13.2. The smallest absolute Gasteiger partial charge is 0.326 e. The van der Waals surface area contributed by atoms with Gasteiger partial charge >= 0.3 is 6.18 Å². The van der Waals surface area contributed by atoms with Crippen LogP contribution in [0, 0.1) is 0 Å². The van der Waals surface area contributed by atoms with E-state index >= 15 is 0 Å². The van der Waals surface area contributed by atoms with Crippen LogP contribution in [0.4, 0.5) is 18.9 Å². The van der Waals surface area contributed by atoms with Crippen molar-refractivity contribution in [3.8, 4) is 11.3 Å². The highest BCUT2D eigenvalue weighted by atomic mass is 35.5. The number of halogens is 4. The molecule has 2 aromatic heterocycles. The molecule has 2 aromatic carbocycles. The van der Waals surface area contributed by atoms with Gasteiger partial charge in [-0.2, -0.15) is 13.2 Å². The molecule has 11 heteroatoms. The van der Waals surface area contributed by atoms with Crippen LogP contribution in [0.2, 0.25) is 5.02 Å². The minimum atomic E-state index is -4.57. The molecule has 0 spiro atoms. The summed E-state index contributed by atoms with van der Waals surface area (Å²) in [5, 5.41) is 3.06. The summed E-state index contributed by atoms with van der Waals surface area (Å²) in [6.07, 6.45) is -1.39. The van der Waals surface area contributed by atoms with Crippen molar-refractivity contribution in [3.63, 3.8) is 0 Å². The molecule has 34 heavy (non-hydrogen) atoms. The quantitative estimate of drug-likeness (QED) is 0.399. The minimum absolute atomic E-state index is 0.0529. The van der Waals surface area contributed by atoms with E-state index in [9.17, 15) is 26.4 Å². The minimum Gasteiger partial charge on any atom is -0.326 e. The van der Waals surface area contributed by atoms with Crippen LogP contribution in [0.3, 0.4) is 0 Å². The molecule has 176 valence electrons. The average Bonchev–Trinajstić information content (AvgIpc) is 3.17. The summed E-state index contributed by atoms with van der Waals surface area (Å²) in [5.41, 5.74) is 0.611. The van der Waals surface area contributed by atoms with Gasteiger partial charge in [0, 0.05) is 28.7 Å². The van der Waals surface area contributed by atoms with E-state index in [2.05, 4.69) is 10.3 Å². The van der Waals surface area contributed by atoms with Crippen LogP contribution in [0.25, 0.3) is 16.9 Å².